The van der Waals surface area contributed by atoms with Crippen LogP contribution in [0.1, 0.15) is 11.1 Å². The van der Waals surface area contributed by atoms with Crippen LogP contribution in [0.5, 0.6) is 0 Å². The third-order valence-electron chi connectivity index (χ3n) is 4.60. The highest BCUT2D eigenvalue weighted by molar-refractivity contribution is 8.37. The molecule has 0 bridgehead atoms. The topological polar surface area (TPSA) is 37.8 Å². The largest absolute Gasteiger partial charge is 0.325 e. The molecule has 0 amide bonds. The summed E-state index contributed by atoms with van der Waals surface area (Å²) in [5, 5.41) is 3.34. The van der Waals surface area contributed by atoms with Gasteiger partial charge in [0.15, 0.2) is 0 Å². The summed E-state index contributed by atoms with van der Waals surface area (Å²) >= 11 is 8.25. The van der Waals surface area contributed by atoms with E-state index < -0.39 is 0 Å². The summed E-state index contributed by atoms with van der Waals surface area (Å²) < 4.78 is 0. The molecular formula is C24H21N3S3. The van der Waals surface area contributed by atoms with E-state index in [2.05, 4.69) is 65.8 Å². The van der Waals surface area contributed by atoms with Gasteiger partial charge >= 0.3 is 0 Å². The van der Waals surface area contributed by atoms with E-state index in [1.165, 1.54) is 11.1 Å². The first kappa shape index (κ1) is 21.9. The van der Waals surface area contributed by atoms with E-state index >= 15 is 0 Å². The smallest absolute Gasteiger partial charge is 0.132 e. The highest BCUT2D eigenvalue weighted by Crippen LogP contribution is 2.25. The molecule has 0 aliphatic heterocycles. The number of aryl methyl sites for hydroxylation is 2. The second-order valence-corrected chi connectivity index (χ2v) is 8.41. The van der Waals surface area contributed by atoms with Gasteiger partial charge in [-0.15, -0.1) is 0 Å². The SMILES string of the molecule is Cc1ccccc1-c1cccc(Nc2cccc(-c3ccccc3C)n2)n1.S=S=S. The zero-order valence-corrected chi connectivity index (χ0v) is 19.2. The number of anilines is 2. The van der Waals surface area contributed by atoms with Gasteiger partial charge in [-0.2, -0.15) is 0 Å². The van der Waals surface area contributed by atoms with Crippen molar-refractivity contribution in [1.29, 1.82) is 0 Å². The summed E-state index contributed by atoms with van der Waals surface area (Å²) in [4.78, 5) is 9.54. The predicted octanol–water partition coefficient (Wildman–Crippen LogP) is 6.16. The van der Waals surface area contributed by atoms with Gasteiger partial charge in [0.2, 0.25) is 0 Å². The number of benzene rings is 2. The van der Waals surface area contributed by atoms with Crippen molar-refractivity contribution in [3.8, 4) is 22.5 Å². The Hall–Kier alpha value is -2.80. The van der Waals surface area contributed by atoms with Crippen LogP contribution in [0, 0.1) is 13.8 Å². The highest BCUT2D eigenvalue weighted by atomic mass is 33.1. The molecular weight excluding hydrogens is 426 g/mol. The van der Waals surface area contributed by atoms with Crippen molar-refractivity contribution >= 4 is 42.9 Å². The van der Waals surface area contributed by atoms with Gasteiger partial charge in [-0.1, -0.05) is 60.7 Å². The van der Waals surface area contributed by atoms with Crippen molar-refractivity contribution < 1.29 is 0 Å². The Kier molecular flexibility index (Phi) is 7.90. The van der Waals surface area contributed by atoms with Gasteiger partial charge in [0, 0.05) is 42.4 Å². The lowest BCUT2D eigenvalue weighted by Gasteiger charge is -2.10. The van der Waals surface area contributed by atoms with E-state index in [-0.39, 0.29) is 0 Å². The molecule has 4 aromatic rings. The minimum absolute atomic E-state index is 0.783. The second-order valence-electron chi connectivity index (χ2n) is 6.64. The number of hydrogen-bond donors (Lipinski definition) is 1. The van der Waals surface area contributed by atoms with Crippen LogP contribution in [0.3, 0.4) is 0 Å². The highest BCUT2D eigenvalue weighted by Gasteiger charge is 2.06. The van der Waals surface area contributed by atoms with Crippen LogP contribution < -0.4 is 5.32 Å². The number of rotatable bonds is 4. The van der Waals surface area contributed by atoms with Crippen LogP contribution in [0.25, 0.3) is 22.5 Å². The lowest BCUT2D eigenvalue weighted by atomic mass is 10.1. The van der Waals surface area contributed by atoms with E-state index in [4.69, 9.17) is 9.97 Å². The summed E-state index contributed by atoms with van der Waals surface area (Å²) in [6.45, 7) is 4.20. The molecule has 2 aromatic heterocycles. The Bertz CT molecular complexity index is 1100. The van der Waals surface area contributed by atoms with Crippen molar-refractivity contribution in [3.63, 3.8) is 0 Å². The maximum atomic E-state index is 4.77. The Labute approximate surface area is 190 Å². The molecule has 0 spiro atoms. The Morgan fingerprint density at radius 2 is 1.00 bits per heavy atom. The number of aromatic nitrogens is 2. The van der Waals surface area contributed by atoms with Crippen LogP contribution in [-0.2, 0) is 31.3 Å². The molecule has 0 aliphatic carbocycles. The Morgan fingerprint density at radius 1 is 0.600 bits per heavy atom. The van der Waals surface area contributed by atoms with E-state index in [1.54, 1.807) is 0 Å². The monoisotopic (exact) mass is 447 g/mol. The van der Waals surface area contributed by atoms with Gasteiger partial charge in [-0.3, -0.25) is 0 Å². The van der Waals surface area contributed by atoms with Gasteiger partial charge in [0.25, 0.3) is 0 Å². The molecule has 0 atom stereocenters. The molecule has 150 valence electrons. The quantitative estimate of drug-likeness (QED) is 0.405. The van der Waals surface area contributed by atoms with Gasteiger partial charge in [0.05, 0.1) is 11.4 Å². The first-order chi connectivity index (χ1) is 14.6. The fourth-order valence-electron chi connectivity index (χ4n) is 3.16. The molecule has 6 heteroatoms. The first-order valence-electron chi connectivity index (χ1n) is 9.37. The standard InChI is InChI=1S/C24H21N3.S3/c1-17-9-3-5-11-19(17)21-13-7-15-23(25-21)27-24-16-8-14-22(26-24)20-12-6-4-10-18(20)2;1-3-2/h3-16H,1-2H3,(H,25,26,27);. The zero-order valence-electron chi connectivity index (χ0n) is 16.7. The van der Waals surface area contributed by atoms with Crippen molar-refractivity contribution in [2.45, 2.75) is 13.8 Å². The molecule has 0 saturated carbocycles. The molecule has 0 unspecified atom stereocenters. The van der Waals surface area contributed by atoms with Crippen molar-refractivity contribution in [3.05, 3.63) is 96.1 Å². The maximum absolute atomic E-state index is 4.77. The molecule has 0 saturated heterocycles. The fraction of sp³-hybridized carbons (Fsp3) is 0.0833. The van der Waals surface area contributed by atoms with Crippen molar-refractivity contribution in [2.24, 2.45) is 0 Å². The maximum Gasteiger partial charge on any atom is 0.132 e. The third-order valence-corrected chi connectivity index (χ3v) is 4.60. The fourth-order valence-corrected chi connectivity index (χ4v) is 3.16. The van der Waals surface area contributed by atoms with E-state index in [0.717, 1.165) is 43.0 Å². The van der Waals surface area contributed by atoms with Crippen molar-refractivity contribution in [2.75, 3.05) is 5.32 Å². The lowest BCUT2D eigenvalue weighted by Crippen LogP contribution is -1.98. The molecule has 3 nitrogen and oxygen atoms in total. The van der Waals surface area contributed by atoms with E-state index in [9.17, 15) is 0 Å². The molecule has 0 fully saturated rings. The third kappa shape index (κ3) is 5.63. The minimum atomic E-state index is 0.783. The van der Waals surface area contributed by atoms with Gasteiger partial charge in [-0.05, 0) is 49.2 Å². The average Bonchev–Trinajstić information content (AvgIpc) is 2.75. The molecule has 2 heterocycles. The summed E-state index contributed by atoms with van der Waals surface area (Å²) in [6, 6.07) is 28.6. The molecule has 1 N–H and O–H groups in total. The number of hydrogen-bond acceptors (Lipinski definition) is 5. The number of nitrogens with zero attached hydrogens (tertiary/aromatic N) is 2. The molecule has 0 radical (unpaired) electrons. The van der Waals surface area contributed by atoms with Gasteiger partial charge < -0.3 is 5.32 Å². The summed E-state index contributed by atoms with van der Waals surface area (Å²) in [5.74, 6) is 1.57. The summed E-state index contributed by atoms with van der Waals surface area (Å²) in [7, 11) is 0.917. The van der Waals surface area contributed by atoms with Crippen LogP contribution in [-0.4, -0.2) is 9.97 Å². The molecule has 4 rings (SSSR count). The average molecular weight is 448 g/mol. The second kappa shape index (κ2) is 10.8. The Balaban J connectivity index is 0.000000806. The Morgan fingerprint density at radius 3 is 1.40 bits per heavy atom. The number of nitrogens with one attached hydrogen (secondary N) is 1. The predicted molar refractivity (Wildman–Crippen MR) is 134 cm³/mol. The number of pyridine rings is 2. The minimum Gasteiger partial charge on any atom is -0.325 e. The van der Waals surface area contributed by atoms with Crippen LogP contribution in [0.4, 0.5) is 11.6 Å². The molecule has 0 aliphatic rings. The molecule has 2 aromatic carbocycles. The zero-order chi connectivity index (χ0) is 21.3. The van der Waals surface area contributed by atoms with Gasteiger partial charge in [-0.25, -0.2) is 9.97 Å². The van der Waals surface area contributed by atoms with E-state index in [1.807, 2.05) is 60.7 Å². The molecule has 30 heavy (non-hydrogen) atoms. The van der Waals surface area contributed by atoms with Crippen molar-refractivity contribution in [1.82, 2.24) is 9.97 Å². The van der Waals surface area contributed by atoms with Gasteiger partial charge in [0.1, 0.15) is 11.6 Å². The van der Waals surface area contributed by atoms with Crippen LogP contribution in [0.15, 0.2) is 84.9 Å². The summed E-state index contributed by atoms with van der Waals surface area (Å²) in [5.41, 5.74) is 6.61. The summed E-state index contributed by atoms with van der Waals surface area (Å²) in [6.07, 6.45) is 0. The van der Waals surface area contributed by atoms with Crippen LogP contribution in [0.2, 0.25) is 0 Å². The lowest BCUT2D eigenvalue weighted by molar-refractivity contribution is 1.24. The van der Waals surface area contributed by atoms with E-state index in [0.29, 0.717) is 0 Å². The van der Waals surface area contributed by atoms with Crippen LogP contribution >= 0.6 is 0 Å². The first-order valence-corrected chi connectivity index (χ1v) is 12.0. The normalized spacial score (nSPS) is 9.93.